The van der Waals surface area contributed by atoms with Gasteiger partial charge in [-0.25, -0.2) is 0 Å². The lowest BCUT2D eigenvalue weighted by Crippen LogP contribution is -2.28. The number of halogens is 1. The van der Waals surface area contributed by atoms with Gasteiger partial charge in [0.2, 0.25) is 0 Å². The first-order chi connectivity index (χ1) is 8.24. The Morgan fingerprint density at radius 3 is 2.94 bits per heavy atom. The van der Waals surface area contributed by atoms with Gasteiger partial charge in [-0.15, -0.1) is 11.3 Å². The molecule has 1 amide bonds. The molecule has 1 aromatic heterocycles. The Balaban J connectivity index is 1.79. The van der Waals surface area contributed by atoms with Crippen molar-refractivity contribution in [2.45, 2.75) is 36.9 Å². The van der Waals surface area contributed by atoms with Crippen LogP contribution in [0.5, 0.6) is 0 Å². The topological polar surface area (TPSA) is 20.3 Å². The summed E-state index contributed by atoms with van der Waals surface area (Å²) in [6, 6.07) is 2.14. The average Bonchev–Trinajstić information content (AvgIpc) is 2.93. The first-order valence-corrected chi connectivity index (χ1v) is 8.02. The van der Waals surface area contributed by atoms with Crippen molar-refractivity contribution in [3.63, 3.8) is 0 Å². The Labute approximate surface area is 114 Å². The smallest absolute Gasteiger partial charge is 0.263 e. The van der Waals surface area contributed by atoms with Gasteiger partial charge in [-0.2, -0.15) is 0 Å². The SMILES string of the molecule is O=C(c1cc2c(s1)CCCC2)N1CCC(Br)C1. The second kappa shape index (κ2) is 4.73. The molecule has 0 radical (unpaired) electrons. The third kappa shape index (κ3) is 2.29. The molecule has 17 heavy (non-hydrogen) atoms. The van der Waals surface area contributed by atoms with E-state index in [2.05, 4.69) is 22.0 Å². The van der Waals surface area contributed by atoms with Gasteiger partial charge in [0.25, 0.3) is 5.91 Å². The predicted molar refractivity (Wildman–Crippen MR) is 74.2 cm³/mol. The molecule has 1 unspecified atom stereocenters. The Morgan fingerprint density at radius 1 is 1.41 bits per heavy atom. The van der Waals surface area contributed by atoms with Gasteiger partial charge in [0.05, 0.1) is 4.88 Å². The Bertz CT molecular complexity index is 419. The lowest BCUT2D eigenvalue weighted by molar-refractivity contribution is 0.0798. The second-order valence-corrected chi connectivity index (χ2v) is 7.34. The van der Waals surface area contributed by atoms with Crippen molar-refractivity contribution in [3.8, 4) is 0 Å². The summed E-state index contributed by atoms with van der Waals surface area (Å²) in [5.74, 6) is 0.242. The van der Waals surface area contributed by atoms with Crippen LogP contribution in [0, 0.1) is 0 Å². The molecule has 0 bridgehead atoms. The molecule has 3 rings (SSSR count). The van der Waals surface area contributed by atoms with E-state index in [4.69, 9.17) is 0 Å². The molecule has 0 aromatic carbocycles. The monoisotopic (exact) mass is 313 g/mol. The van der Waals surface area contributed by atoms with Crippen molar-refractivity contribution in [1.82, 2.24) is 4.90 Å². The number of nitrogens with zero attached hydrogens (tertiary/aromatic N) is 1. The number of aryl methyl sites for hydroxylation is 2. The number of hydrogen-bond acceptors (Lipinski definition) is 2. The fraction of sp³-hybridized carbons (Fsp3) is 0.615. The number of alkyl halides is 1. The van der Waals surface area contributed by atoms with Gasteiger partial charge >= 0.3 is 0 Å². The average molecular weight is 314 g/mol. The maximum atomic E-state index is 12.3. The van der Waals surface area contributed by atoms with Crippen LogP contribution in [0.3, 0.4) is 0 Å². The molecule has 1 aliphatic heterocycles. The van der Waals surface area contributed by atoms with E-state index in [1.54, 1.807) is 11.3 Å². The van der Waals surface area contributed by atoms with Crippen LogP contribution >= 0.6 is 27.3 Å². The highest BCUT2D eigenvalue weighted by Gasteiger charge is 2.27. The largest absolute Gasteiger partial charge is 0.337 e. The van der Waals surface area contributed by atoms with Gasteiger partial charge in [0.1, 0.15) is 0 Å². The van der Waals surface area contributed by atoms with Crippen LogP contribution in [0.15, 0.2) is 6.07 Å². The Kier molecular flexibility index (Phi) is 3.26. The molecule has 2 aliphatic rings. The number of carbonyl (C=O) groups excluding carboxylic acids is 1. The van der Waals surface area contributed by atoms with Crippen LogP contribution < -0.4 is 0 Å². The standard InChI is InChI=1S/C13H16BrNOS/c14-10-5-6-15(8-10)13(16)12-7-9-3-1-2-4-11(9)17-12/h7,10H,1-6,8H2. The van der Waals surface area contributed by atoms with Crippen molar-refractivity contribution in [2.24, 2.45) is 0 Å². The fourth-order valence-corrected chi connectivity index (χ4v) is 4.43. The van der Waals surface area contributed by atoms with E-state index in [9.17, 15) is 4.79 Å². The third-order valence-corrected chi connectivity index (χ3v) is 5.60. The highest BCUT2D eigenvalue weighted by atomic mass is 79.9. The zero-order valence-corrected chi connectivity index (χ0v) is 12.1. The number of amides is 1. The van der Waals surface area contributed by atoms with E-state index < -0.39 is 0 Å². The minimum atomic E-state index is 0.242. The first kappa shape index (κ1) is 11.7. The van der Waals surface area contributed by atoms with Gasteiger partial charge in [-0.3, -0.25) is 4.79 Å². The van der Waals surface area contributed by atoms with Crippen LogP contribution in [0.4, 0.5) is 0 Å². The van der Waals surface area contributed by atoms with Gasteiger partial charge in [-0.05, 0) is 43.7 Å². The molecular weight excluding hydrogens is 298 g/mol. The van der Waals surface area contributed by atoms with Crippen LogP contribution in [0.25, 0.3) is 0 Å². The highest BCUT2D eigenvalue weighted by molar-refractivity contribution is 9.09. The van der Waals surface area contributed by atoms with E-state index in [0.29, 0.717) is 4.83 Å². The number of fused-ring (bicyclic) bond motifs is 1. The van der Waals surface area contributed by atoms with Crippen molar-refractivity contribution in [1.29, 1.82) is 0 Å². The van der Waals surface area contributed by atoms with Crippen LogP contribution in [0.2, 0.25) is 0 Å². The normalized spacial score (nSPS) is 23.8. The Hall–Kier alpha value is -0.350. The van der Waals surface area contributed by atoms with Crippen molar-refractivity contribution in [3.05, 3.63) is 21.4 Å². The molecule has 2 heterocycles. The van der Waals surface area contributed by atoms with Gasteiger partial charge in [-0.1, -0.05) is 15.9 Å². The lowest BCUT2D eigenvalue weighted by Gasteiger charge is -2.13. The molecule has 1 atom stereocenters. The quantitative estimate of drug-likeness (QED) is 0.729. The van der Waals surface area contributed by atoms with E-state index >= 15 is 0 Å². The summed E-state index contributed by atoms with van der Waals surface area (Å²) in [5.41, 5.74) is 1.43. The number of rotatable bonds is 1. The number of likely N-dealkylation sites (tertiary alicyclic amines) is 1. The molecule has 2 nitrogen and oxygen atoms in total. The summed E-state index contributed by atoms with van der Waals surface area (Å²) in [7, 11) is 0. The third-order valence-electron chi connectivity index (χ3n) is 3.63. The minimum absolute atomic E-state index is 0.242. The predicted octanol–water partition coefficient (Wildman–Crippen LogP) is 3.24. The van der Waals surface area contributed by atoms with E-state index in [0.717, 1.165) is 24.4 Å². The summed E-state index contributed by atoms with van der Waals surface area (Å²) in [4.78, 5) is 17.2. The highest BCUT2D eigenvalue weighted by Crippen LogP contribution is 2.31. The summed E-state index contributed by atoms with van der Waals surface area (Å²) in [6.45, 7) is 1.76. The fourth-order valence-electron chi connectivity index (χ4n) is 2.65. The summed E-state index contributed by atoms with van der Waals surface area (Å²) in [5, 5.41) is 0. The van der Waals surface area contributed by atoms with E-state index in [1.807, 2.05) is 4.90 Å². The van der Waals surface area contributed by atoms with Crippen molar-refractivity contribution >= 4 is 33.2 Å². The molecule has 92 valence electrons. The summed E-state index contributed by atoms with van der Waals surface area (Å²) < 4.78 is 0. The first-order valence-electron chi connectivity index (χ1n) is 6.29. The zero-order chi connectivity index (χ0) is 11.8. The van der Waals surface area contributed by atoms with E-state index in [1.165, 1.54) is 36.1 Å². The van der Waals surface area contributed by atoms with Crippen molar-refractivity contribution in [2.75, 3.05) is 13.1 Å². The number of thiophene rings is 1. The van der Waals surface area contributed by atoms with Gasteiger partial charge < -0.3 is 4.90 Å². The minimum Gasteiger partial charge on any atom is -0.337 e. The molecule has 0 N–H and O–H groups in total. The maximum absolute atomic E-state index is 12.3. The summed E-state index contributed by atoms with van der Waals surface area (Å²) >= 11 is 5.31. The number of hydrogen-bond donors (Lipinski definition) is 0. The second-order valence-electron chi connectivity index (χ2n) is 4.90. The maximum Gasteiger partial charge on any atom is 0.263 e. The van der Waals surface area contributed by atoms with Crippen LogP contribution in [-0.4, -0.2) is 28.7 Å². The molecule has 1 aromatic rings. The molecular formula is C13H16BrNOS. The van der Waals surface area contributed by atoms with E-state index in [-0.39, 0.29) is 5.91 Å². The molecule has 0 saturated carbocycles. The molecule has 1 aliphatic carbocycles. The molecule has 1 saturated heterocycles. The lowest BCUT2D eigenvalue weighted by atomic mass is 9.99. The van der Waals surface area contributed by atoms with Gasteiger partial charge in [0.15, 0.2) is 0 Å². The molecule has 0 spiro atoms. The van der Waals surface area contributed by atoms with Gasteiger partial charge in [0, 0.05) is 22.8 Å². The Morgan fingerprint density at radius 2 is 2.24 bits per heavy atom. The number of carbonyl (C=O) groups is 1. The van der Waals surface area contributed by atoms with Crippen LogP contribution in [0.1, 0.15) is 39.4 Å². The summed E-state index contributed by atoms with van der Waals surface area (Å²) in [6.07, 6.45) is 5.99. The molecule has 4 heteroatoms. The zero-order valence-electron chi connectivity index (χ0n) is 9.75. The molecule has 1 fully saturated rings. The van der Waals surface area contributed by atoms with Crippen molar-refractivity contribution < 1.29 is 4.79 Å². The van der Waals surface area contributed by atoms with Crippen LogP contribution in [-0.2, 0) is 12.8 Å².